The average Bonchev–Trinajstić information content (AvgIpc) is 3.15. The third-order valence-corrected chi connectivity index (χ3v) is 6.53. The summed E-state index contributed by atoms with van der Waals surface area (Å²) >= 11 is 6.20. The Balaban J connectivity index is 1.87. The van der Waals surface area contributed by atoms with Crippen molar-refractivity contribution in [3.63, 3.8) is 0 Å². The summed E-state index contributed by atoms with van der Waals surface area (Å²) in [4.78, 5) is 39.1. The Bertz CT molecular complexity index is 1380. The summed E-state index contributed by atoms with van der Waals surface area (Å²) in [6.45, 7) is 4.18. The molecule has 1 fully saturated rings. The summed E-state index contributed by atoms with van der Waals surface area (Å²) < 4.78 is 5.53. The second-order valence-corrected chi connectivity index (χ2v) is 8.99. The van der Waals surface area contributed by atoms with E-state index >= 15 is 0 Å². The molecule has 1 heterocycles. The predicted molar refractivity (Wildman–Crippen MR) is 141 cm³/mol. The third-order valence-electron chi connectivity index (χ3n) is 6.22. The Hall–Kier alpha value is -4.10. The van der Waals surface area contributed by atoms with Gasteiger partial charge in [0.2, 0.25) is 0 Å². The van der Waals surface area contributed by atoms with Crippen LogP contribution in [-0.2, 0) is 27.2 Å². The molecule has 3 aromatic rings. The van der Waals surface area contributed by atoms with Crippen LogP contribution in [0.5, 0.6) is 5.75 Å². The van der Waals surface area contributed by atoms with E-state index < -0.39 is 23.7 Å². The number of halogens is 1. The summed E-state index contributed by atoms with van der Waals surface area (Å²) in [6, 6.07) is 17.7. The summed E-state index contributed by atoms with van der Waals surface area (Å²) in [5, 5.41) is 20.8. The first-order valence-electron chi connectivity index (χ1n) is 11.9. The summed E-state index contributed by atoms with van der Waals surface area (Å²) in [6.07, 6.45) is 0.649. The quantitative estimate of drug-likeness (QED) is 0.229. The van der Waals surface area contributed by atoms with Crippen LogP contribution in [0.1, 0.15) is 42.1 Å². The molecule has 1 unspecified atom stereocenters. The number of ether oxygens (including phenoxy) is 1. The van der Waals surface area contributed by atoms with Gasteiger partial charge in [0.1, 0.15) is 11.5 Å². The van der Waals surface area contributed by atoms with Gasteiger partial charge in [0, 0.05) is 11.3 Å². The molecule has 1 atom stereocenters. The molecule has 2 N–H and O–H groups in total. The number of anilines is 1. The van der Waals surface area contributed by atoms with Crippen LogP contribution in [0, 0.1) is 0 Å². The lowest BCUT2D eigenvalue weighted by Crippen LogP contribution is -2.29. The van der Waals surface area contributed by atoms with E-state index in [1.165, 1.54) is 11.0 Å². The maximum Gasteiger partial charge on any atom is 0.307 e. The van der Waals surface area contributed by atoms with Crippen LogP contribution in [0.2, 0.25) is 5.02 Å². The molecule has 1 amide bonds. The molecule has 37 heavy (non-hydrogen) atoms. The fraction of sp³-hybridized carbons (Fsp3) is 0.207. The molecule has 1 saturated heterocycles. The zero-order chi connectivity index (χ0) is 26.7. The Morgan fingerprint density at radius 1 is 0.946 bits per heavy atom. The van der Waals surface area contributed by atoms with Gasteiger partial charge in [0.05, 0.1) is 29.7 Å². The second-order valence-electron chi connectivity index (χ2n) is 8.58. The molecule has 3 aromatic carbocycles. The van der Waals surface area contributed by atoms with E-state index in [9.17, 15) is 19.5 Å². The Morgan fingerprint density at radius 3 is 2.19 bits per heavy atom. The molecular formula is C29H26ClNO6. The number of carbonyl (C=O) groups excluding carboxylic acids is 2. The van der Waals surface area contributed by atoms with E-state index in [4.69, 9.17) is 21.4 Å². The zero-order valence-corrected chi connectivity index (χ0v) is 21.2. The molecule has 0 aromatic heterocycles. The highest BCUT2D eigenvalue weighted by Crippen LogP contribution is 2.43. The predicted octanol–water partition coefficient (Wildman–Crippen LogP) is 5.55. The second kappa shape index (κ2) is 10.9. The number of aliphatic hydroxyl groups is 1. The monoisotopic (exact) mass is 519 g/mol. The number of aliphatic hydroxyl groups excluding tert-OH is 1. The van der Waals surface area contributed by atoms with Crippen molar-refractivity contribution in [2.75, 3.05) is 11.5 Å². The molecule has 0 radical (unpaired) electrons. The highest BCUT2D eigenvalue weighted by molar-refractivity contribution is 6.51. The van der Waals surface area contributed by atoms with Crippen LogP contribution in [0.4, 0.5) is 5.69 Å². The van der Waals surface area contributed by atoms with Crippen molar-refractivity contribution in [2.45, 2.75) is 32.7 Å². The van der Waals surface area contributed by atoms with Crippen molar-refractivity contribution in [1.82, 2.24) is 0 Å². The average molecular weight is 520 g/mol. The van der Waals surface area contributed by atoms with Gasteiger partial charge in [-0.05, 0) is 60.4 Å². The van der Waals surface area contributed by atoms with Crippen LogP contribution < -0.4 is 9.64 Å². The van der Waals surface area contributed by atoms with Gasteiger partial charge in [-0.1, -0.05) is 54.9 Å². The number of amides is 1. The van der Waals surface area contributed by atoms with Crippen molar-refractivity contribution in [2.24, 2.45) is 0 Å². The normalized spacial score (nSPS) is 16.7. The molecular weight excluding hydrogens is 494 g/mol. The number of carboxylic acid groups (broad SMARTS) is 1. The lowest BCUT2D eigenvalue weighted by molar-refractivity contribution is -0.136. The number of carbonyl (C=O) groups is 3. The fourth-order valence-corrected chi connectivity index (χ4v) is 4.54. The van der Waals surface area contributed by atoms with Gasteiger partial charge >= 0.3 is 5.97 Å². The van der Waals surface area contributed by atoms with E-state index in [-0.39, 0.29) is 23.3 Å². The number of nitrogens with zero attached hydrogens (tertiary/aromatic N) is 1. The van der Waals surface area contributed by atoms with Gasteiger partial charge in [-0.3, -0.25) is 19.3 Å². The first kappa shape index (κ1) is 26.0. The fourth-order valence-electron chi connectivity index (χ4n) is 4.37. The molecule has 0 saturated carbocycles. The van der Waals surface area contributed by atoms with Gasteiger partial charge in [0.25, 0.3) is 11.7 Å². The number of aryl methyl sites for hydroxylation is 1. The van der Waals surface area contributed by atoms with Crippen molar-refractivity contribution < 1.29 is 29.3 Å². The third kappa shape index (κ3) is 5.22. The van der Waals surface area contributed by atoms with Crippen molar-refractivity contribution in [3.05, 3.63) is 99.6 Å². The van der Waals surface area contributed by atoms with Gasteiger partial charge in [-0.15, -0.1) is 0 Å². The molecule has 1 aliphatic heterocycles. The topological polar surface area (TPSA) is 104 Å². The highest BCUT2D eigenvalue weighted by atomic mass is 35.5. The lowest BCUT2D eigenvalue weighted by Gasteiger charge is -2.26. The minimum Gasteiger partial charge on any atom is -0.507 e. The Morgan fingerprint density at radius 2 is 1.59 bits per heavy atom. The number of carboxylic acids is 1. The van der Waals surface area contributed by atoms with Gasteiger partial charge < -0.3 is 14.9 Å². The number of hydrogen-bond donors (Lipinski definition) is 2. The van der Waals surface area contributed by atoms with Crippen molar-refractivity contribution in [1.29, 1.82) is 0 Å². The Labute approximate surface area is 219 Å². The van der Waals surface area contributed by atoms with E-state index in [2.05, 4.69) is 0 Å². The number of hydrogen-bond acceptors (Lipinski definition) is 5. The maximum absolute atomic E-state index is 13.4. The van der Waals surface area contributed by atoms with Crippen LogP contribution in [0.3, 0.4) is 0 Å². The van der Waals surface area contributed by atoms with Crippen LogP contribution in [0.15, 0.2) is 72.3 Å². The minimum absolute atomic E-state index is 0.0615. The lowest BCUT2D eigenvalue weighted by atomic mass is 9.94. The van der Waals surface area contributed by atoms with E-state index in [1.807, 2.05) is 31.2 Å². The van der Waals surface area contributed by atoms with Crippen LogP contribution in [-0.4, -0.2) is 34.5 Å². The SMILES string of the molecule is CCOc1cc(/C(O)=C2/C(=O)C(=O)N(c3ccc(CC(=O)O)cc3)C2c2ccc(CC)cc2)ccc1Cl. The Kier molecular flexibility index (Phi) is 7.64. The van der Waals surface area contributed by atoms with E-state index in [1.54, 1.807) is 43.3 Å². The van der Waals surface area contributed by atoms with Gasteiger partial charge in [-0.25, -0.2) is 0 Å². The molecule has 8 heteroatoms. The first-order valence-corrected chi connectivity index (χ1v) is 12.3. The summed E-state index contributed by atoms with van der Waals surface area (Å²) in [5.74, 6) is -2.59. The number of rotatable bonds is 8. The van der Waals surface area contributed by atoms with Gasteiger partial charge in [-0.2, -0.15) is 0 Å². The zero-order valence-electron chi connectivity index (χ0n) is 20.4. The molecule has 0 aliphatic carbocycles. The minimum atomic E-state index is -0.974. The van der Waals surface area contributed by atoms with E-state index in [0.717, 1.165) is 12.0 Å². The summed E-state index contributed by atoms with van der Waals surface area (Å²) in [7, 11) is 0. The molecule has 0 bridgehead atoms. The molecule has 7 nitrogen and oxygen atoms in total. The van der Waals surface area contributed by atoms with Crippen molar-refractivity contribution >= 4 is 40.7 Å². The van der Waals surface area contributed by atoms with Crippen LogP contribution in [0.25, 0.3) is 5.76 Å². The van der Waals surface area contributed by atoms with Gasteiger partial charge in [0.15, 0.2) is 0 Å². The standard InChI is InChI=1S/C29H26ClNO6/c1-3-17-5-9-19(10-6-17)26-25(27(34)20-11-14-22(30)23(16-20)37-4-2)28(35)29(36)31(26)21-12-7-18(8-13-21)15-24(32)33/h5-14,16,26,34H,3-4,15H2,1-2H3,(H,32,33)/b27-25-. The van der Waals surface area contributed by atoms with Crippen molar-refractivity contribution in [3.8, 4) is 5.75 Å². The van der Waals surface area contributed by atoms with Crippen LogP contribution >= 0.6 is 11.6 Å². The molecule has 4 rings (SSSR count). The number of aliphatic carboxylic acids is 1. The first-order chi connectivity index (χ1) is 17.7. The smallest absolute Gasteiger partial charge is 0.307 e. The molecule has 1 aliphatic rings. The number of Topliss-reactive ketones (excluding diaryl/α,β-unsaturated/α-hetero) is 1. The summed E-state index contributed by atoms with van der Waals surface area (Å²) in [5.41, 5.74) is 2.92. The molecule has 0 spiro atoms. The van der Waals surface area contributed by atoms with E-state index in [0.29, 0.717) is 34.2 Å². The number of ketones is 1. The number of benzene rings is 3. The maximum atomic E-state index is 13.4. The molecule has 190 valence electrons. The highest BCUT2D eigenvalue weighted by Gasteiger charge is 2.47. The largest absolute Gasteiger partial charge is 0.507 e.